The quantitative estimate of drug-likeness (QED) is 0.331. The number of aromatic nitrogens is 2. The van der Waals surface area contributed by atoms with Gasteiger partial charge in [-0.1, -0.05) is 19.9 Å². The molecule has 1 unspecified atom stereocenters. The fourth-order valence-corrected chi connectivity index (χ4v) is 3.66. The molecule has 11 heteroatoms. The molecule has 11 nitrogen and oxygen atoms in total. The highest BCUT2D eigenvalue weighted by atomic mass is 16.5. The molecule has 180 valence electrons. The van der Waals surface area contributed by atoms with Gasteiger partial charge in [-0.05, 0) is 29.2 Å². The van der Waals surface area contributed by atoms with Gasteiger partial charge in [0.2, 0.25) is 11.8 Å². The van der Waals surface area contributed by atoms with Gasteiger partial charge in [0.1, 0.15) is 5.82 Å². The molecule has 2 aromatic rings. The molecule has 0 radical (unpaired) electrons. The maximum atomic E-state index is 12.3. The lowest BCUT2D eigenvalue weighted by Gasteiger charge is -2.28. The fraction of sp³-hybridized carbons (Fsp3) is 0.435. The summed E-state index contributed by atoms with van der Waals surface area (Å²) in [5.74, 6) is 1.47. The molecule has 1 atom stereocenters. The van der Waals surface area contributed by atoms with Crippen LogP contribution in [0.1, 0.15) is 30.8 Å². The van der Waals surface area contributed by atoms with Gasteiger partial charge in [0.25, 0.3) is 0 Å². The van der Waals surface area contributed by atoms with Crippen molar-refractivity contribution in [1.82, 2.24) is 15.3 Å². The second-order valence-corrected chi connectivity index (χ2v) is 8.63. The van der Waals surface area contributed by atoms with Crippen LogP contribution in [0.25, 0.3) is 0 Å². The Morgan fingerprint density at radius 1 is 1.29 bits per heavy atom. The number of carbonyl (C=O) groups is 2. The number of anilines is 3. The second kappa shape index (κ2) is 10.6. The second-order valence-electron chi connectivity index (χ2n) is 8.63. The number of hydrazone groups is 1. The molecule has 4 rings (SSSR count). The number of hydrogen-bond donors (Lipinski definition) is 4. The molecule has 2 aliphatic rings. The monoisotopic (exact) mass is 466 g/mol. The minimum Gasteiger partial charge on any atom is -0.378 e. The maximum absolute atomic E-state index is 12.3. The van der Waals surface area contributed by atoms with Crippen LogP contribution < -0.4 is 26.7 Å². The van der Waals surface area contributed by atoms with Crippen LogP contribution in [0.3, 0.4) is 0 Å². The summed E-state index contributed by atoms with van der Waals surface area (Å²) in [7, 11) is 0. The van der Waals surface area contributed by atoms with E-state index < -0.39 is 6.04 Å². The van der Waals surface area contributed by atoms with Gasteiger partial charge in [-0.25, -0.2) is 9.97 Å². The molecule has 1 saturated heterocycles. The van der Waals surface area contributed by atoms with E-state index in [1.807, 2.05) is 38.1 Å². The Morgan fingerprint density at radius 2 is 2.09 bits per heavy atom. The lowest BCUT2D eigenvalue weighted by atomic mass is 10.1. The number of amides is 2. The Hall–Kier alpha value is -3.57. The van der Waals surface area contributed by atoms with Crippen molar-refractivity contribution in [2.24, 2.45) is 16.8 Å². The maximum Gasteiger partial charge on any atom is 0.237 e. The van der Waals surface area contributed by atoms with E-state index in [0.29, 0.717) is 44.4 Å². The zero-order valence-electron chi connectivity index (χ0n) is 19.4. The molecule has 0 bridgehead atoms. The van der Waals surface area contributed by atoms with Gasteiger partial charge in [0, 0.05) is 24.8 Å². The van der Waals surface area contributed by atoms with E-state index in [0.717, 1.165) is 22.6 Å². The highest BCUT2D eigenvalue weighted by molar-refractivity contribution is 6.00. The standard InChI is InChI=1S/C23H30N8O3/c1-14(2)22(24)23(33)25-13-19-28-18(11-20(29-19)31-5-7-34-8-6-31)30-26-12-15-3-4-17-16(9-15)10-21(32)27-17/h3-4,9,11-12,14,22H,5-8,10,13,24H2,1-2H3,(H,25,33)(H,27,32)(H,28,29,30). The molecule has 2 aliphatic heterocycles. The first kappa shape index (κ1) is 23.6. The van der Waals surface area contributed by atoms with E-state index >= 15 is 0 Å². The first-order valence-electron chi connectivity index (χ1n) is 11.3. The predicted octanol–water partition coefficient (Wildman–Crippen LogP) is 0.853. The third-order valence-corrected chi connectivity index (χ3v) is 5.68. The van der Waals surface area contributed by atoms with Crippen LogP contribution in [-0.2, 0) is 27.3 Å². The van der Waals surface area contributed by atoms with Crippen molar-refractivity contribution < 1.29 is 14.3 Å². The molecule has 0 saturated carbocycles. The molecular weight excluding hydrogens is 436 g/mol. The van der Waals surface area contributed by atoms with E-state index in [1.54, 1.807) is 6.21 Å². The summed E-state index contributed by atoms with van der Waals surface area (Å²) in [5, 5.41) is 9.94. The minimum atomic E-state index is -0.595. The van der Waals surface area contributed by atoms with Crippen LogP contribution in [0.2, 0.25) is 0 Å². The normalized spacial score (nSPS) is 16.5. The highest BCUT2D eigenvalue weighted by Crippen LogP contribution is 2.23. The van der Waals surface area contributed by atoms with Gasteiger partial charge in [-0.15, -0.1) is 0 Å². The Morgan fingerprint density at radius 3 is 2.85 bits per heavy atom. The van der Waals surface area contributed by atoms with Crippen molar-refractivity contribution in [3.63, 3.8) is 0 Å². The van der Waals surface area contributed by atoms with E-state index in [9.17, 15) is 9.59 Å². The van der Waals surface area contributed by atoms with Crippen molar-refractivity contribution in [3.05, 3.63) is 41.2 Å². The van der Waals surface area contributed by atoms with Crippen molar-refractivity contribution >= 4 is 35.4 Å². The lowest BCUT2D eigenvalue weighted by molar-refractivity contribution is -0.123. The molecule has 2 amide bonds. The Labute approximate surface area is 198 Å². The Kier molecular flexibility index (Phi) is 7.33. The first-order valence-corrected chi connectivity index (χ1v) is 11.3. The molecule has 0 spiro atoms. The van der Waals surface area contributed by atoms with Gasteiger partial charge in [0.05, 0.1) is 38.4 Å². The number of nitrogens with two attached hydrogens (primary N) is 1. The molecule has 34 heavy (non-hydrogen) atoms. The van der Waals surface area contributed by atoms with Crippen molar-refractivity contribution in [2.75, 3.05) is 41.9 Å². The number of nitrogens with zero attached hydrogens (tertiary/aromatic N) is 4. The lowest BCUT2D eigenvalue weighted by Crippen LogP contribution is -2.43. The van der Waals surface area contributed by atoms with Gasteiger partial charge >= 0.3 is 0 Å². The van der Waals surface area contributed by atoms with Crippen molar-refractivity contribution in [1.29, 1.82) is 0 Å². The summed E-state index contributed by atoms with van der Waals surface area (Å²) in [6.07, 6.45) is 2.04. The largest absolute Gasteiger partial charge is 0.378 e. The van der Waals surface area contributed by atoms with Crippen molar-refractivity contribution in [2.45, 2.75) is 32.9 Å². The van der Waals surface area contributed by atoms with Gasteiger partial charge in [-0.3, -0.25) is 15.0 Å². The van der Waals surface area contributed by atoms with Gasteiger partial charge < -0.3 is 26.0 Å². The van der Waals surface area contributed by atoms with Crippen LogP contribution in [0, 0.1) is 5.92 Å². The average Bonchev–Trinajstić information content (AvgIpc) is 3.21. The predicted molar refractivity (Wildman–Crippen MR) is 130 cm³/mol. The van der Waals surface area contributed by atoms with Crippen LogP contribution >= 0.6 is 0 Å². The van der Waals surface area contributed by atoms with Gasteiger partial charge in [-0.2, -0.15) is 5.10 Å². The number of ether oxygens (including phenoxy) is 1. The van der Waals surface area contributed by atoms with Crippen LogP contribution in [0.4, 0.5) is 17.3 Å². The number of nitrogens with one attached hydrogen (secondary N) is 3. The topological polar surface area (TPSA) is 147 Å². The number of fused-ring (bicyclic) bond motifs is 1. The summed E-state index contributed by atoms with van der Waals surface area (Å²) < 4.78 is 5.44. The number of rotatable bonds is 8. The van der Waals surface area contributed by atoms with Crippen molar-refractivity contribution in [3.8, 4) is 0 Å². The van der Waals surface area contributed by atoms with Crippen LogP contribution in [0.5, 0.6) is 0 Å². The molecular formula is C23H30N8O3. The van der Waals surface area contributed by atoms with Crippen LogP contribution in [-0.4, -0.2) is 60.3 Å². The average molecular weight is 467 g/mol. The zero-order chi connectivity index (χ0) is 24.1. The summed E-state index contributed by atoms with van der Waals surface area (Å²) in [4.78, 5) is 35.1. The molecule has 5 N–H and O–H groups in total. The first-order chi connectivity index (χ1) is 16.4. The molecule has 1 aromatic heterocycles. The third-order valence-electron chi connectivity index (χ3n) is 5.68. The third kappa shape index (κ3) is 5.86. The fourth-order valence-electron chi connectivity index (χ4n) is 3.66. The Bertz CT molecular complexity index is 1080. The molecule has 0 aliphatic carbocycles. The minimum absolute atomic E-state index is 0.00666. The molecule has 3 heterocycles. The zero-order valence-corrected chi connectivity index (χ0v) is 19.4. The number of carbonyl (C=O) groups excluding carboxylic acids is 2. The Balaban J connectivity index is 1.48. The van der Waals surface area contributed by atoms with E-state index in [2.05, 4.69) is 36.0 Å². The summed E-state index contributed by atoms with van der Waals surface area (Å²) in [6, 6.07) is 6.90. The molecule has 1 fully saturated rings. The summed E-state index contributed by atoms with van der Waals surface area (Å²) in [6.45, 7) is 6.62. The highest BCUT2D eigenvalue weighted by Gasteiger charge is 2.19. The van der Waals surface area contributed by atoms with Crippen LogP contribution in [0.15, 0.2) is 29.4 Å². The number of morpholine rings is 1. The summed E-state index contributed by atoms with van der Waals surface area (Å²) in [5.41, 5.74) is 11.5. The molecule has 1 aromatic carbocycles. The van der Waals surface area contributed by atoms with E-state index in [4.69, 9.17) is 10.5 Å². The van der Waals surface area contributed by atoms with E-state index in [-0.39, 0.29) is 24.3 Å². The smallest absolute Gasteiger partial charge is 0.237 e. The summed E-state index contributed by atoms with van der Waals surface area (Å²) >= 11 is 0. The van der Waals surface area contributed by atoms with E-state index in [1.165, 1.54) is 0 Å². The van der Waals surface area contributed by atoms with Gasteiger partial charge in [0.15, 0.2) is 11.6 Å². The number of hydrogen-bond acceptors (Lipinski definition) is 9. The SMILES string of the molecule is CC(C)C(N)C(=O)NCc1nc(NN=Cc2ccc3c(c2)CC(=O)N3)cc(N2CCOCC2)n1. The number of benzene rings is 1.